The summed E-state index contributed by atoms with van der Waals surface area (Å²) in [5.41, 5.74) is 7.14. The Hall–Kier alpha value is -1.56. The highest BCUT2D eigenvalue weighted by Crippen LogP contribution is 2.27. The summed E-state index contributed by atoms with van der Waals surface area (Å²) in [4.78, 5) is 16.9. The van der Waals surface area contributed by atoms with Gasteiger partial charge in [-0.25, -0.2) is 4.79 Å². The van der Waals surface area contributed by atoms with Gasteiger partial charge in [-0.3, -0.25) is 0 Å². The van der Waals surface area contributed by atoms with Crippen molar-refractivity contribution in [3.63, 3.8) is 0 Å². The SMILES string of the molecule is Cc1csc(C(=O)ON=C(N)c2ccc(Cl)cc2)c1Cl. The summed E-state index contributed by atoms with van der Waals surface area (Å²) in [6, 6.07) is 6.69. The van der Waals surface area contributed by atoms with Crippen molar-refractivity contribution in [2.45, 2.75) is 6.92 Å². The number of amidine groups is 1. The van der Waals surface area contributed by atoms with E-state index in [2.05, 4.69) is 5.16 Å². The zero-order chi connectivity index (χ0) is 14.7. The molecule has 0 amide bonds. The zero-order valence-corrected chi connectivity index (χ0v) is 12.7. The average molecular weight is 329 g/mol. The number of hydrogen-bond donors (Lipinski definition) is 1. The number of carbonyl (C=O) groups is 1. The maximum absolute atomic E-state index is 11.8. The van der Waals surface area contributed by atoms with Crippen LogP contribution in [0.2, 0.25) is 10.0 Å². The van der Waals surface area contributed by atoms with Gasteiger partial charge < -0.3 is 10.6 Å². The van der Waals surface area contributed by atoms with Crippen molar-refractivity contribution in [2.75, 3.05) is 0 Å². The Morgan fingerprint density at radius 3 is 2.50 bits per heavy atom. The van der Waals surface area contributed by atoms with Gasteiger partial charge in [-0.15, -0.1) is 11.3 Å². The van der Waals surface area contributed by atoms with Gasteiger partial charge in [0.15, 0.2) is 5.84 Å². The highest BCUT2D eigenvalue weighted by Gasteiger charge is 2.16. The van der Waals surface area contributed by atoms with Gasteiger partial charge in [0.05, 0.1) is 5.02 Å². The van der Waals surface area contributed by atoms with Crippen molar-refractivity contribution in [3.8, 4) is 0 Å². The molecule has 0 saturated heterocycles. The molecule has 1 aromatic heterocycles. The number of rotatable bonds is 3. The second-order valence-corrected chi connectivity index (χ2v) is 5.62. The molecule has 0 bridgehead atoms. The highest BCUT2D eigenvalue weighted by atomic mass is 35.5. The van der Waals surface area contributed by atoms with Crippen LogP contribution in [0.5, 0.6) is 0 Å². The Labute approximate surface area is 129 Å². The molecule has 2 rings (SSSR count). The van der Waals surface area contributed by atoms with Gasteiger partial charge >= 0.3 is 5.97 Å². The first kappa shape index (κ1) is 14.8. The van der Waals surface area contributed by atoms with Gasteiger partial charge in [-0.2, -0.15) is 0 Å². The first-order valence-electron chi connectivity index (χ1n) is 5.53. The van der Waals surface area contributed by atoms with Crippen LogP contribution in [0.1, 0.15) is 20.8 Å². The zero-order valence-electron chi connectivity index (χ0n) is 10.4. The van der Waals surface area contributed by atoms with E-state index >= 15 is 0 Å². The molecule has 4 nitrogen and oxygen atoms in total. The number of oxime groups is 1. The molecule has 2 N–H and O–H groups in total. The molecule has 1 heterocycles. The molecule has 0 aliphatic heterocycles. The first-order valence-corrected chi connectivity index (χ1v) is 7.17. The Balaban J connectivity index is 2.10. The number of hydrogen-bond acceptors (Lipinski definition) is 4. The number of nitrogens with two attached hydrogens (primary N) is 1. The normalized spacial score (nSPS) is 11.4. The first-order chi connectivity index (χ1) is 9.49. The predicted molar refractivity (Wildman–Crippen MR) is 81.7 cm³/mol. The molecule has 7 heteroatoms. The molecule has 0 aliphatic rings. The highest BCUT2D eigenvalue weighted by molar-refractivity contribution is 7.12. The van der Waals surface area contributed by atoms with Crippen LogP contribution in [0.15, 0.2) is 34.8 Å². The third kappa shape index (κ3) is 3.30. The van der Waals surface area contributed by atoms with Crippen LogP contribution >= 0.6 is 34.5 Å². The van der Waals surface area contributed by atoms with Gasteiger partial charge in [0.25, 0.3) is 0 Å². The van der Waals surface area contributed by atoms with Crippen LogP contribution in [0.25, 0.3) is 0 Å². The minimum atomic E-state index is -0.634. The molecular weight excluding hydrogens is 319 g/mol. The van der Waals surface area contributed by atoms with E-state index in [-0.39, 0.29) is 5.84 Å². The molecular formula is C13H10Cl2N2O2S. The third-order valence-electron chi connectivity index (χ3n) is 2.45. The van der Waals surface area contributed by atoms with Crippen molar-refractivity contribution >= 4 is 46.3 Å². The van der Waals surface area contributed by atoms with Gasteiger partial charge in [-0.1, -0.05) is 28.4 Å². The summed E-state index contributed by atoms with van der Waals surface area (Å²) < 4.78 is 0. The van der Waals surface area contributed by atoms with E-state index in [1.165, 1.54) is 11.3 Å². The topological polar surface area (TPSA) is 64.7 Å². The van der Waals surface area contributed by atoms with Crippen LogP contribution < -0.4 is 5.73 Å². The quantitative estimate of drug-likeness (QED) is 0.403. The second kappa shape index (κ2) is 6.26. The largest absolute Gasteiger partial charge is 0.380 e. The lowest BCUT2D eigenvalue weighted by molar-refractivity contribution is 0.0522. The number of halogens is 2. The molecule has 104 valence electrons. The minimum Gasteiger partial charge on any atom is -0.380 e. The number of benzene rings is 1. The minimum absolute atomic E-state index is 0.0828. The molecule has 1 aromatic carbocycles. The lowest BCUT2D eigenvalue weighted by Crippen LogP contribution is -2.15. The summed E-state index contributed by atoms with van der Waals surface area (Å²) in [6.45, 7) is 1.81. The molecule has 0 radical (unpaired) electrons. The van der Waals surface area contributed by atoms with E-state index in [1.807, 2.05) is 0 Å². The van der Waals surface area contributed by atoms with E-state index in [0.717, 1.165) is 5.56 Å². The number of aryl methyl sites for hydroxylation is 1. The van der Waals surface area contributed by atoms with Crippen LogP contribution in [-0.4, -0.2) is 11.8 Å². The van der Waals surface area contributed by atoms with Gasteiger partial charge in [0.1, 0.15) is 4.88 Å². The predicted octanol–water partition coefficient (Wildman–Crippen LogP) is 3.84. The number of carbonyl (C=O) groups excluding carboxylic acids is 1. The Morgan fingerprint density at radius 2 is 1.95 bits per heavy atom. The molecule has 0 spiro atoms. The molecule has 0 aliphatic carbocycles. The van der Waals surface area contributed by atoms with E-state index in [9.17, 15) is 4.79 Å². The van der Waals surface area contributed by atoms with Gasteiger partial charge in [0, 0.05) is 10.6 Å². The van der Waals surface area contributed by atoms with Crippen molar-refractivity contribution in [1.82, 2.24) is 0 Å². The monoisotopic (exact) mass is 328 g/mol. The van der Waals surface area contributed by atoms with E-state index in [1.54, 1.807) is 36.6 Å². The lowest BCUT2D eigenvalue weighted by atomic mass is 10.2. The molecule has 0 unspecified atom stereocenters. The standard InChI is InChI=1S/C13H10Cl2N2O2S/c1-7-6-20-11(10(7)15)13(18)19-17-12(16)8-2-4-9(14)5-3-8/h2-6H,1H3,(H2,16,17). The van der Waals surface area contributed by atoms with Gasteiger partial charge in [0.2, 0.25) is 0 Å². The van der Waals surface area contributed by atoms with E-state index < -0.39 is 5.97 Å². The summed E-state index contributed by atoms with van der Waals surface area (Å²) in [5.74, 6) is -0.551. The van der Waals surface area contributed by atoms with Gasteiger partial charge in [-0.05, 0) is 42.1 Å². The molecule has 20 heavy (non-hydrogen) atoms. The van der Waals surface area contributed by atoms with Crippen LogP contribution in [-0.2, 0) is 4.84 Å². The van der Waals surface area contributed by atoms with E-state index in [0.29, 0.717) is 20.5 Å². The molecule has 0 saturated carbocycles. The smallest absolute Gasteiger partial charge is 0.377 e. The van der Waals surface area contributed by atoms with Crippen LogP contribution in [0.3, 0.4) is 0 Å². The Morgan fingerprint density at radius 1 is 1.30 bits per heavy atom. The Kier molecular flexibility index (Phi) is 4.65. The van der Waals surface area contributed by atoms with Crippen LogP contribution in [0.4, 0.5) is 0 Å². The Bertz CT molecular complexity index is 666. The van der Waals surface area contributed by atoms with Crippen molar-refractivity contribution in [3.05, 3.63) is 55.7 Å². The molecule has 0 atom stereocenters. The fourth-order valence-electron chi connectivity index (χ4n) is 1.37. The summed E-state index contributed by atoms with van der Waals surface area (Å²) in [6.07, 6.45) is 0. The fourth-order valence-corrected chi connectivity index (χ4v) is 2.64. The fraction of sp³-hybridized carbons (Fsp3) is 0.0769. The summed E-state index contributed by atoms with van der Waals surface area (Å²) >= 11 is 12.9. The second-order valence-electron chi connectivity index (χ2n) is 3.92. The summed E-state index contributed by atoms with van der Waals surface area (Å²) in [5, 5.41) is 6.33. The average Bonchev–Trinajstić information content (AvgIpc) is 2.77. The lowest BCUT2D eigenvalue weighted by Gasteiger charge is -2.01. The third-order valence-corrected chi connectivity index (χ3v) is 4.38. The van der Waals surface area contributed by atoms with E-state index in [4.69, 9.17) is 33.8 Å². The summed E-state index contributed by atoms with van der Waals surface area (Å²) in [7, 11) is 0. The number of thiophene rings is 1. The molecule has 0 fully saturated rings. The molecule has 2 aromatic rings. The maximum atomic E-state index is 11.8. The van der Waals surface area contributed by atoms with Crippen molar-refractivity contribution in [2.24, 2.45) is 10.9 Å². The maximum Gasteiger partial charge on any atom is 0.377 e. The van der Waals surface area contributed by atoms with Crippen molar-refractivity contribution in [1.29, 1.82) is 0 Å². The van der Waals surface area contributed by atoms with Crippen molar-refractivity contribution < 1.29 is 9.63 Å². The number of nitrogens with zero attached hydrogens (tertiary/aromatic N) is 1. The van der Waals surface area contributed by atoms with Crippen LogP contribution in [0, 0.1) is 6.92 Å².